The first kappa shape index (κ1) is 29.1. The molecule has 2 N–H and O–H groups in total. The lowest BCUT2D eigenvalue weighted by atomic mass is 10.1. The molecule has 0 bridgehead atoms. The average molecular weight is 566 g/mol. The first-order valence-corrected chi connectivity index (χ1v) is 14.5. The molecule has 0 saturated carbocycles. The number of carbonyl (C=O) groups is 2. The minimum Gasteiger partial charge on any atom is -0.490 e. The molecule has 0 unspecified atom stereocenters. The molecule has 13 heteroatoms. The summed E-state index contributed by atoms with van der Waals surface area (Å²) in [4.78, 5) is 29.9. The summed E-state index contributed by atoms with van der Waals surface area (Å²) in [7, 11) is -3.94. The minimum absolute atomic E-state index is 0.0318. The fraction of sp³-hybridized carbons (Fsp3) is 0.400. The normalized spacial score (nSPS) is 12.0. The summed E-state index contributed by atoms with van der Waals surface area (Å²) in [6.45, 7) is 8.64. The van der Waals surface area contributed by atoms with Crippen molar-refractivity contribution in [2.45, 2.75) is 45.6 Å². The lowest BCUT2D eigenvalue weighted by Gasteiger charge is -2.16. The fourth-order valence-electron chi connectivity index (χ4n) is 3.63. The van der Waals surface area contributed by atoms with E-state index >= 15 is 0 Å². The maximum absolute atomic E-state index is 13.4. The molecule has 3 rings (SSSR count). The van der Waals surface area contributed by atoms with E-state index in [1.54, 1.807) is 17.6 Å². The van der Waals surface area contributed by atoms with Gasteiger partial charge < -0.3 is 23.5 Å². The van der Waals surface area contributed by atoms with Crippen LogP contribution in [0.5, 0.6) is 17.2 Å². The van der Waals surface area contributed by atoms with Crippen LogP contribution in [0.25, 0.3) is 10.2 Å². The Labute approximate surface area is 224 Å². The van der Waals surface area contributed by atoms with E-state index in [1.807, 2.05) is 20.8 Å². The van der Waals surface area contributed by atoms with Crippen molar-refractivity contribution in [2.75, 3.05) is 26.4 Å². The van der Waals surface area contributed by atoms with E-state index in [9.17, 15) is 18.0 Å². The maximum atomic E-state index is 13.4. The van der Waals surface area contributed by atoms with Gasteiger partial charge in [-0.15, -0.1) is 0 Å². The Morgan fingerprint density at radius 2 is 1.58 bits per heavy atom. The van der Waals surface area contributed by atoms with Gasteiger partial charge in [-0.1, -0.05) is 11.3 Å². The summed E-state index contributed by atoms with van der Waals surface area (Å²) in [5.41, 5.74) is 0.801. The Kier molecular flexibility index (Phi) is 9.89. The van der Waals surface area contributed by atoms with Crippen LogP contribution in [0.3, 0.4) is 0 Å². The first-order chi connectivity index (χ1) is 18.1. The molecule has 0 aliphatic rings. The van der Waals surface area contributed by atoms with Crippen LogP contribution in [0.1, 0.15) is 44.5 Å². The van der Waals surface area contributed by atoms with Gasteiger partial charge in [0.1, 0.15) is 0 Å². The van der Waals surface area contributed by atoms with Crippen molar-refractivity contribution in [3.05, 3.63) is 40.7 Å². The van der Waals surface area contributed by atoms with E-state index in [2.05, 4.69) is 4.99 Å². The van der Waals surface area contributed by atoms with Crippen molar-refractivity contribution in [1.29, 1.82) is 0 Å². The van der Waals surface area contributed by atoms with E-state index in [4.69, 9.17) is 24.1 Å². The molecular formula is C25H31N3O8S2. The molecule has 0 saturated heterocycles. The molecule has 1 aromatic heterocycles. The molecule has 0 aliphatic heterocycles. The maximum Gasteiger partial charge on any atom is 0.307 e. The van der Waals surface area contributed by atoms with Crippen LogP contribution in [0.15, 0.2) is 40.2 Å². The number of ether oxygens (including phenoxy) is 4. The van der Waals surface area contributed by atoms with Crippen molar-refractivity contribution in [3.63, 3.8) is 0 Å². The SMILES string of the molecule is CCOC(=O)CCn1c(=NC(=O)c2cc(OCC)c(OCC)c(OCC)c2)sc2cc(S(N)(=O)=O)ccc21. The Morgan fingerprint density at radius 3 is 2.13 bits per heavy atom. The number of aryl methyl sites for hydroxylation is 1. The van der Waals surface area contributed by atoms with E-state index in [0.717, 1.165) is 11.3 Å². The summed E-state index contributed by atoms with van der Waals surface area (Å²) in [6.07, 6.45) is 0.0318. The number of nitrogens with zero attached hydrogens (tertiary/aromatic N) is 2. The van der Waals surface area contributed by atoms with Gasteiger partial charge in [0.05, 0.1) is 48.0 Å². The summed E-state index contributed by atoms with van der Waals surface area (Å²) >= 11 is 1.10. The van der Waals surface area contributed by atoms with Crippen LogP contribution in [0.4, 0.5) is 0 Å². The zero-order chi connectivity index (χ0) is 27.9. The van der Waals surface area contributed by atoms with E-state index in [0.29, 0.717) is 47.3 Å². The lowest BCUT2D eigenvalue weighted by molar-refractivity contribution is -0.143. The van der Waals surface area contributed by atoms with Crippen molar-refractivity contribution >= 4 is 43.5 Å². The predicted octanol–water partition coefficient (Wildman–Crippen LogP) is 3.24. The molecule has 1 amide bonds. The molecular weight excluding hydrogens is 534 g/mol. The standard InChI is InChI=1S/C25H31N3O8S2/c1-5-33-19-13-16(14-20(34-6-2)23(19)36-8-4)24(30)27-25-28(12-11-22(29)35-7-3)18-10-9-17(38(26,31)32)15-21(18)37-25/h9-10,13-15H,5-8,11-12H2,1-4H3,(H2,26,31,32). The number of thiazole rings is 1. The van der Waals surface area contributed by atoms with Crippen LogP contribution in [-0.4, -0.2) is 51.3 Å². The number of amides is 1. The number of sulfonamides is 1. The number of aromatic nitrogens is 1. The lowest BCUT2D eigenvalue weighted by Crippen LogP contribution is -2.19. The quantitative estimate of drug-likeness (QED) is 0.329. The van der Waals surface area contributed by atoms with Gasteiger partial charge in [0.2, 0.25) is 15.8 Å². The Morgan fingerprint density at radius 1 is 0.947 bits per heavy atom. The second-order valence-electron chi connectivity index (χ2n) is 7.78. The smallest absolute Gasteiger partial charge is 0.307 e. The van der Waals surface area contributed by atoms with Gasteiger partial charge >= 0.3 is 5.97 Å². The van der Waals surface area contributed by atoms with Gasteiger partial charge in [-0.2, -0.15) is 4.99 Å². The second-order valence-corrected chi connectivity index (χ2v) is 10.4. The van der Waals surface area contributed by atoms with Crippen LogP contribution in [0.2, 0.25) is 0 Å². The number of benzene rings is 2. The third-order valence-electron chi connectivity index (χ3n) is 5.18. The van der Waals surface area contributed by atoms with E-state index < -0.39 is 21.9 Å². The molecule has 0 atom stereocenters. The van der Waals surface area contributed by atoms with Gasteiger partial charge in [-0.25, -0.2) is 13.6 Å². The van der Waals surface area contributed by atoms with Crippen molar-refractivity contribution in [2.24, 2.45) is 10.1 Å². The molecule has 0 fully saturated rings. The molecule has 0 aliphatic carbocycles. The number of primary sulfonamides is 1. The van der Waals surface area contributed by atoms with Crippen LogP contribution in [0, 0.1) is 0 Å². The van der Waals surface area contributed by atoms with Gasteiger partial charge in [0, 0.05) is 12.1 Å². The van der Waals surface area contributed by atoms with Crippen molar-refractivity contribution in [3.8, 4) is 17.2 Å². The zero-order valence-electron chi connectivity index (χ0n) is 21.7. The first-order valence-electron chi connectivity index (χ1n) is 12.1. The third-order valence-corrected chi connectivity index (χ3v) is 7.13. The number of hydrogen-bond donors (Lipinski definition) is 1. The highest BCUT2D eigenvalue weighted by molar-refractivity contribution is 7.89. The molecule has 38 heavy (non-hydrogen) atoms. The summed E-state index contributed by atoms with van der Waals surface area (Å²) < 4.78 is 48.1. The zero-order valence-corrected chi connectivity index (χ0v) is 23.3. The summed E-state index contributed by atoms with van der Waals surface area (Å²) in [5, 5.41) is 5.29. The minimum atomic E-state index is -3.94. The largest absolute Gasteiger partial charge is 0.490 e. The Bertz CT molecular complexity index is 1460. The van der Waals surface area contributed by atoms with Gasteiger partial charge in [0.15, 0.2) is 16.3 Å². The topological polar surface area (TPSA) is 149 Å². The van der Waals surface area contributed by atoms with Gasteiger partial charge in [-0.3, -0.25) is 9.59 Å². The van der Waals surface area contributed by atoms with Crippen LogP contribution >= 0.6 is 11.3 Å². The Balaban J connectivity index is 2.15. The van der Waals surface area contributed by atoms with Gasteiger partial charge in [-0.05, 0) is 58.0 Å². The average Bonchev–Trinajstić information content (AvgIpc) is 3.20. The third kappa shape index (κ3) is 6.91. The molecule has 2 aromatic carbocycles. The monoisotopic (exact) mass is 565 g/mol. The number of rotatable bonds is 12. The van der Waals surface area contributed by atoms with Crippen LogP contribution < -0.4 is 24.2 Å². The van der Waals surface area contributed by atoms with E-state index in [1.165, 1.54) is 24.3 Å². The summed E-state index contributed by atoms with van der Waals surface area (Å²) in [6, 6.07) is 7.43. The molecule has 3 aromatic rings. The highest BCUT2D eigenvalue weighted by atomic mass is 32.2. The highest BCUT2D eigenvalue weighted by Crippen LogP contribution is 2.39. The second kappa shape index (κ2) is 12.9. The molecule has 11 nitrogen and oxygen atoms in total. The molecule has 206 valence electrons. The number of nitrogens with two attached hydrogens (primary N) is 1. The number of carbonyl (C=O) groups excluding carboxylic acids is 2. The Hall–Kier alpha value is -3.42. The molecule has 1 heterocycles. The highest BCUT2D eigenvalue weighted by Gasteiger charge is 2.19. The van der Waals surface area contributed by atoms with Gasteiger partial charge in [0.25, 0.3) is 5.91 Å². The van der Waals surface area contributed by atoms with Crippen LogP contribution in [-0.2, 0) is 26.1 Å². The predicted molar refractivity (Wildman–Crippen MR) is 142 cm³/mol. The number of fused-ring (bicyclic) bond motifs is 1. The molecule has 0 spiro atoms. The number of hydrogen-bond acceptors (Lipinski definition) is 9. The van der Waals surface area contributed by atoms with Crippen molar-refractivity contribution < 1.29 is 37.0 Å². The number of esters is 1. The van der Waals surface area contributed by atoms with E-state index in [-0.39, 0.29) is 34.8 Å². The molecule has 0 radical (unpaired) electrons. The van der Waals surface area contributed by atoms with Crippen molar-refractivity contribution in [1.82, 2.24) is 4.57 Å². The fourth-order valence-corrected chi connectivity index (χ4v) is 5.34. The summed E-state index contributed by atoms with van der Waals surface area (Å²) in [5.74, 6) is 0.103.